The number of phenols is 1. The summed E-state index contributed by atoms with van der Waals surface area (Å²) in [5.41, 5.74) is 0.0212. The minimum absolute atomic E-state index is 0.0257. The molecule has 0 aliphatic rings. The number of nitrogens with zero attached hydrogens (tertiary/aromatic N) is 1. The molecule has 0 fully saturated rings. The molecule has 2 N–H and O–H groups in total. The molecule has 0 radical (unpaired) electrons. The summed E-state index contributed by atoms with van der Waals surface area (Å²) in [6.07, 6.45) is 0. The van der Waals surface area contributed by atoms with Gasteiger partial charge >= 0.3 is 0 Å². The average Bonchev–Trinajstić information content (AvgIpc) is 2.40. The summed E-state index contributed by atoms with van der Waals surface area (Å²) < 4.78 is 0.727. The fraction of sp³-hybridized carbons (Fsp3) is 0. The number of hydrogen-bond donors (Lipinski definition) is 2. The molecule has 20 heavy (non-hydrogen) atoms. The topological polar surface area (TPSA) is 92.5 Å². The molecule has 0 atom stereocenters. The average molecular weight is 337 g/mol. The van der Waals surface area contributed by atoms with E-state index in [1.54, 1.807) is 24.3 Å². The molecule has 0 unspecified atom stereocenters. The predicted octanol–water partition coefficient (Wildman–Crippen LogP) is 3.32. The number of anilines is 1. The van der Waals surface area contributed by atoms with Crippen LogP contribution in [0, 0.1) is 10.1 Å². The lowest BCUT2D eigenvalue weighted by Gasteiger charge is -2.06. The number of carbonyl (C=O) groups excluding carboxylic acids is 1. The lowest BCUT2D eigenvalue weighted by Crippen LogP contribution is -2.13. The van der Waals surface area contributed by atoms with E-state index in [2.05, 4.69) is 21.2 Å². The van der Waals surface area contributed by atoms with Crippen molar-refractivity contribution in [3.63, 3.8) is 0 Å². The highest BCUT2D eigenvalue weighted by molar-refractivity contribution is 9.10. The van der Waals surface area contributed by atoms with Crippen molar-refractivity contribution in [3.8, 4) is 5.75 Å². The number of hydrogen-bond acceptors (Lipinski definition) is 4. The van der Waals surface area contributed by atoms with Crippen LogP contribution in [0.1, 0.15) is 10.4 Å². The maximum atomic E-state index is 12.0. The van der Waals surface area contributed by atoms with Crippen LogP contribution in [0.5, 0.6) is 5.75 Å². The first-order chi connectivity index (χ1) is 9.47. The number of aromatic hydroxyl groups is 1. The van der Waals surface area contributed by atoms with E-state index in [1.165, 1.54) is 12.1 Å². The zero-order valence-corrected chi connectivity index (χ0v) is 11.6. The summed E-state index contributed by atoms with van der Waals surface area (Å²) in [5.74, 6) is -0.711. The Hall–Kier alpha value is -2.41. The molecule has 1 amide bonds. The predicted molar refractivity (Wildman–Crippen MR) is 76.9 cm³/mol. The molecule has 2 aromatic carbocycles. The zero-order chi connectivity index (χ0) is 14.7. The highest BCUT2D eigenvalue weighted by atomic mass is 79.9. The molecule has 0 bridgehead atoms. The summed E-state index contributed by atoms with van der Waals surface area (Å²) in [4.78, 5) is 22.2. The highest BCUT2D eigenvalue weighted by Gasteiger charge is 2.17. The molecular weight excluding hydrogens is 328 g/mol. The molecule has 2 rings (SSSR count). The van der Waals surface area contributed by atoms with Gasteiger partial charge in [0.25, 0.3) is 11.6 Å². The monoisotopic (exact) mass is 336 g/mol. The smallest absolute Gasteiger partial charge is 0.296 e. The van der Waals surface area contributed by atoms with Gasteiger partial charge in [0, 0.05) is 10.0 Å². The van der Waals surface area contributed by atoms with Gasteiger partial charge < -0.3 is 10.4 Å². The Balaban J connectivity index is 2.30. The van der Waals surface area contributed by atoms with Crippen LogP contribution < -0.4 is 5.32 Å². The number of rotatable bonds is 3. The quantitative estimate of drug-likeness (QED) is 0.510. The fourth-order valence-electron chi connectivity index (χ4n) is 1.60. The van der Waals surface area contributed by atoms with Gasteiger partial charge in [-0.2, -0.15) is 0 Å². The standard InChI is InChI=1S/C13H9BrN2O4/c14-9-3-1-2-8(6-9)13(18)15-11-5-4-10(17)7-12(11)16(19)20/h1-7,17H,(H,15,18). The number of nitrogens with one attached hydrogen (secondary N) is 1. The van der Waals surface area contributed by atoms with Crippen molar-refractivity contribution < 1.29 is 14.8 Å². The van der Waals surface area contributed by atoms with Crippen LogP contribution in [-0.4, -0.2) is 15.9 Å². The maximum Gasteiger partial charge on any atom is 0.296 e. The third-order valence-corrected chi connectivity index (χ3v) is 3.01. The number of nitro benzene ring substituents is 1. The Morgan fingerprint density at radius 2 is 2.00 bits per heavy atom. The lowest BCUT2D eigenvalue weighted by molar-refractivity contribution is -0.384. The molecule has 102 valence electrons. The first-order valence-corrected chi connectivity index (χ1v) is 6.31. The third-order valence-electron chi connectivity index (χ3n) is 2.51. The van der Waals surface area contributed by atoms with Gasteiger partial charge in [-0.05, 0) is 30.3 Å². The number of halogens is 1. The summed E-state index contributed by atoms with van der Waals surface area (Å²) in [5, 5.41) is 22.6. The SMILES string of the molecule is O=C(Nc1ccc(O)cc1[N+](=O)[O-])c1cccc(Br)c1. The van der Waals surface area contributed by atoms with Crippen molar-refractivity contribution in [3.05, 3.63) is 62.6 Å². The van der Waals surface area contributed by atoms with Gasteiger partial charge in [-0.1, -0.05) is 22.0 Å². The molecule has 0 saturated carbocycles. The Morgan fingerprint density at radius 3 is 2.65 bits per heavy atom. The fourth-order valence-corrected chi connectivity index (χ4v) is 2.00. The molecule has 0 heterocycles. The lowest BCUT2D eigenvalue weighted by atomic mass is 10.2. The molecule has 0 saturated heterocycles. The molecule has 2 aromatic rings. The summed E-state index contributed by atoms with van der Waals surface area (Å²) in [6, 6.07) is 10.2. The van der Waals surface area contributed by atoms with Crippen molar-refractivity contribution >= 4 is 33.2 Å². The Labute approximate surface area is 122 Å². The van der Waals surface area contributed by atoms with Crippen LogP contribution in [0.3, 0.4) is 0 Å². The van der Waals surface area contributed by atoms with Crippen LogP contribution in [0.2, 0.25) is 0 Å². The van der Waals surface area contributed by atoms with E-state index >= 15 is 0 Å². The van der Waals surface area contributed by atoms with Gasteiger partial charge in [0.1, 0.15) is 11.4 Å². The molecule has 0 aromatic heterocycles. The largest absolute Gasteiger partial charge is 0.508 e. The zero-order valence-electron chi connectivity index (χ0n) is 10.0. The van der Waals surface area contributed by atoms with Crippen molar-refractivity contribution in [1.82, 2.24) is 0 Å². The number of benzene rings is 2. The maximum absolute atomic E-state index is 12.0. The van der Waals surface area contributed by atoms with E-state index in [0.29, 0.717) is 5.56 Å². The van der Waals surface area contributed by atoms with Gasteiger partial charge in [-0.15, -0.1) is 0 Å². The van der Waals surface area contributed by atoms with E-state index in [-0.39, 0.29) is 17.1 Å². The highest BCUT2D eigenvalue weighted by Crippen LogP contribution is 2.28. The van der Waals surface area contributed by atoms with Crippen LogP contribution >= 0.6 is 15.9 Å². The molecule has 0 spiro atoms. The van der Waals surface area contributed by atoms with Gasteiger partial charge in [-0.3, -0.25) is 14.9 Å². The van der Waals surface area contributed by atoms with Crippen molar-refractivity contribution in [2.75, 3.05) is 5.32 Å². The Bertz CT molecular complexity index is 688. The van der Waals surface area contributed by atoms with Gasteiger partial charge in [0.15, 0.2) is 0 Å². The summed E-state index contributed by atoms with van der Waals surface area (Å²) >= 11 is 3.24. The minimum atomic E-state index is -0.670. The van der Waals surface area contributed by atoms with Crippen LogP contribution in [0.15, 0.2) is 46.9 Å². The summed E-state index contributed by atoms with van der Waals surface area (Å²) in [6.45, 7) is 0. The van der Waals surface area contributed by atoms with Crippen molar-refractivity contribution in [2.24, 2.45) is 0 Å². The van der Waals surface area contributed by atoms with Crippen molar-refractivity contribution in [2.45, 2.75) is 0 Å². The van der Waals surface area contributed by atoms with Crippen LogP contribution in [0.4, 0.5) is 11.4 Å². The van der Waals surface area contributed by atoms with Gasteiger partial charge in [0.2, 0.25) is 0 Å². The minimum Gasteiger partial charge on any atom is -0.508 e. The van der Waals surface area contributed by atoms with E-state index in [9.17, 15) is 20.0 Å². The first-order valence-electron chi connectivity index (χ1n) is 5.51. The molecule has 6 nitrogen and oxygen atoms in total. The van der Waals surface area contributed by atoms with E-state index < -0.39 is 10.8 Å². The van der Waals surface area contributed by atoms with E-state index in [1.807, 2.05) is 0 Å². The molecule has 0 aliphatic carbocycles. The first kappa shape index (κ1) is 14.0. The Morgan fingerprint density at radius 1 is 1.25 bits per heavy atom. The van der Waals surface area contributed by atoms with E-state index in [0.717, 1.165) is 10.5 Å². The van der Waals surface area contributed by atoms with Gasteiger partial charge in [0.05, 0.1) is 11.0 Å². The number of phenolic OH excluding ortho intramolecular Hbond substituents is 1. The van der Waals surface area contributed by atoms with Gasteiger partial charge in [-0.25, -0.2) is 0 Å². The third kappa shape index (κ3) is 3.12. The molecule has 0 aliphatic heterocycles. The Kier molecular flexibility index (Phi) is 3.99. The molecular formula is C13H9BrN2O4. The normalized spacial score (nSPS) is 10.1. The second-order valence-electron chi connectivity index (χ2n) is 3.92. The second kappa shape index (κ2) is 5.70. The van der Waals surface area contributed by atoms with E-state index in [4.69, 9.17) is 0 Å². The summed E-state index contributed by atoms with van der Waals surface area (Å²) in [7, 11) is 0. The second-order valence-corrected chi connectivity index (χ2v) is 4.84. The van der Waals surface area contributed by atoms with Crippen LogP contribution in [-0.2, 0) is 0 Å². The number of amides is 1. The number of carbonyl (C=O) groups is 1. The van der Waals surface area contributed by atoms with Crippen LogP contribution in [0.25, 0.3) is 0 Å². The number of nitro groups is 1. The molecule has 7 heteroatoms. The van der Waals surface area contributed by atoms with Crippen molar-refractivity contribution in [1.29, 1.82) is 0 Å².